The lowest BCUT2D eigenvalue weighted by Crippen LogP contribution is -2.21. The maximum atomic E-state index is 11.7. The Labute approximate surface area is 119 Å². The summed E-state index contributed by atoms with van der Waals surface area (Å²) in [4.78, 5) is 38.9. The first kappa shape index (κ1) is 11.9. The standard InChI is InChI=1S/C12H8N6O2S/c13-11-14-5-2-1-4(3-6(5)21-11)8-15-7-9(16-8)17-12(20)18-10(7)19/h1-3H,(H2,13,14)(H3,15,16,17,18,19,20). The Kier molecular flexibility index (Phi) is 2.27. The Bertz CT molecular complexity index is 1100. The van der Waals surface area contributed by atoms with E-state index < -0.39 is 11.2 Å². The minimum Gasteiger partial charge on any atom is -0.375 e. The number of anilines is 1. The van der Waals surface area contributed by atoms with Crippen molar-refractivity contribution in [2.24, 2.45) is 0 Å². The number of hydrogen-bond acceptors (Lipinski definition) is 6. The van der Waals surface area contributed by atoms with Gasteiger partial charge in [-0.15, -0.1) is 0 Å². The van der Waals surface area contributed by atoms with Crippen LogP contribution in [0.1, 0.15) is 0 Å². The highest BCUT2D eigenvalue weighted by atomic mass is 32.1. The number of hydrogen-bond donors (Lipinski definition) is 4. The molecule has 3 aromatic heterocycles. The molecule has 0 spiro atoms. The average molecular weight is 300 g/mol. The molecule has 0 saturated heterocycles. The normalized spacial score (nSPS) is 11.4. The quantitative estimate of drug-likeness (QED) is 0.412. The number of aromatic nitrogens is 5. The maximum absolute atomic E-state index is 11.7. The summed E-state index contributed by atoms with van der Waals surface area (Å²) in [7, 11) is 0. The summed E-state index contributed by atoms with van der Waals surface area (Å²) >= 11 is 1.37. The van der Waals surface area contributed by atoms with Crippen molar-refractivity contribution >= 4 is 37.8 Å². The second kappa shape index (κ2) is 4.03. The van der Waals surface area contributed by atoms with Gasteiger partial charge in [-0.05, 0) is 18.2 Å². The van der Waals surface area contributed by atoms with Crippen LogP contribution in [0, 0.1) is 0 Å². The highest BCUT2D eigenvalue weighted by molar-refractivity contribution is 7.22. The summed E-state index contributed by atoms with van der Waals surface area (Å²) in [6.45, 7) is 0. The molecule has 104 valence electrons. The second-order valence-corrected chi connectivity index (χ2v) is 5.51. The van der Waals surface area contributed by atoms with Gasteiger partial charge in [-0.3, -0.25) is 14.8 Å². The number of aromatic amines is 3. The number of benzene rings is 1. The van der Waals surface area contributed by atoms with E-state index in [9.17, 15) is 9.59 Å². The third-order valence-corrected chi connectivity index (χ3v) is 3.92. The first-order chi connectivity index (χ1) is 10.1. The van der Waals surface area contributed by atoms with Crippen molar-refractivity contribution in [3.8, 4) is 11.4 Å². The fourth-order valence-corrected chi connectivity index (χ4v) is 2.93. The highest BCUT2D eigenvalue weighted by Gasteiger charge is 2.10. The van der Waals surface area contributed by atoms with Crippen molar-refractivity contribution in [1.82, 2.24) is 24.9 Å². The Hall–Kier alpha value is -2.94. The lowest BCUT2D eigenvalue weighted by Gasteiger charge is -1.95. The van der Waals surface area contributed by atoms with E-state index in [1.54, 1.807) is 0 Å². The maximum Gasteiger partial charge on any atom is 0.327 e. The summed E-state index contributed by atoms with van der Waals surface area (Å²) in [5.41, 5.74) is 6.63. The van der Waals surface area contributed by atoms with Gasteiger partial charge in [0.15, 0.2) is 10.8 Å². The molecule has 4 rings (SSSR count). The van der Waals surface area contributed by atoms with Gasteiger partial charge >= 0.3 is 5.69 Å². The number of nitrogens with two attached hydrogens (primary N) is 1. The first-order valence-electron chi connectivity index (χ1n) is 5.99. The zero-order valence-electron chi connectivity index (χ0n) is 10.4. The van der Waals surface area contributed by atoms with Gasteiger partial charge in [0.2, 0.25) is 0 Å². The van der Waals surface area contributed by atoms with E-state index in [1.165, 1.54) is 11.3 Å². The largest absolute Gasteiger partial charge is 0.375 e. The van der Waals surface area contributed by atoms with E-state index in [-0.39, 0.29) is 11.2 Å². The van der Waals surface area contributed by atoms with Gasteiger partial charge in [0, 0.05) is 5.56 Å². The van der Waals surface area contributed by atoms with Crippen LogP contribution in [0.25, 0.3) is 32.8 Å². The number of imidazole rings is 1. The van der Waals surface area contributed by atoms with Crippen LogP contribution >= 0.6 is 11.3 Å². The zero-order valence-corrected chi connectivity index (χ0v) is 11.2. The minimum atomic E-state index is -0.587. The van der Waals surface area contributed by atoms with Crippen molar-refractivity contribution in [1.29, 1.82) is 0 Å². The topological polar surface area (TPSA) is 133 Å². The van der Waals surface area contributed by atoms with Gasteiger partial charge in [0.05, 0.1) is 10.2 Å². The molecule has 0 radical (unpaired) electrons. The molecular formula is C12H8N6O2S. The van der Waals surface area contributed by atoms with Gasteiger partial charge in [0.25, 0.3) is 5.56 Å². The summed E-state index contributed by atoms with van der Waals surface area (Å²) in [6.07, 6.45) is 0. The lowest BCUT2D eigenvalue weighted by molar-refractivity contribution is 1.07. The van der Waals surface area contributed by atoms with Crippen LogP contribution in [-0.2, 0) is 0 Å². The van der Waals surface area contributed by atoms with Crippen LogP contribution in [0.15, 0.2) is 27.8 Å². The fourth-order valence-electron chi connectivity index (χ4n) is 2.16. The smallest absolute Gasteiger partial charge is 0.327 e. The van der Waals surface area contributed by atoms with Crippen LogP contribution < -0.4 is 17.0 Å². The van der Waals surface area contributed by atoms with E-state index in [0.29, 0.717) is 11.0 Å². The zero-order chi connectivity index (χ0) is 14.6. The molecule has 8 nitrogen and oxygen atoms in total. The molecule has 0 amide bonds. The molecule has 0 aliphatic rings. The number of nitrogens with zero attached hydrogens (tertiary/aromatic N) is 2. The molecule has 0 atom stereocenters. The molecule has 0 aliphatic carbocycles. The van der Waals surface area contributed by atoms with Gasteiger partial charge in [-0.25, -0.2) is 14.8 Å². The van der Waals surface area contributed by atoms with Gasteiger partial charge in [-0.1, -0.05) is 11.3 Å². The van der Waals surface area contributed by atoms with Crippen LogP contribution in [0.2, 0.25) is 0 Å². The number of nitrogens with one attached hydrogen (secondary N) is 3. The molecule has 0 fully saturated rings. The molecule has 0 unspecified atom stereocenters. The Morgan fingerprint density at radius 1 is 1.10 bits per heavy atom. The molecule has 4 aromatic rings. The number of rotatable bonds is 1. The van der Waals surface area contributed by atoms with Crippen molar-refractivity contribution in [3.05, 3.63) is 39.0 Å². The average Bonchev–Trinajstić information content (AvgIpc) is 2.99. The van der Waals surface area contributed by atoms with Crippen LogP contribution in [-0.4, -0.2) is 24.9 Å². The minimum absolute atomic E-state index is 0.225. The number of nitrogen functional groups attached to an aromatic ring is 1. The molecule has 0 bridgehead atoms. The number of thiazole rings is 1. The molecule has 5 N–H and O–H groups in total. The predicted octanol–water partition coefficient (Wildman–Crippen LogP) is 0.798. The first-order valence-corrected chi connectivity index (χ1v) is 6.80. The molecule has 9 heteroatoms. The molecule has 21 heavy (non-hydrogen) atoms. The number of fused-ring (bicyclic) bond motifs is 2. The Morgan fingerprint density at radius 3 is 2.81 bits per heavy atom. The van der Waals surface area contributed by atoms with Crippen LogP contribution in [0.4, 0.5) is 5.13 Å². The Balaban J connectivity index is 1.97. The monoisotopic (exact) mass is 300 g/mol. The molecule has 1 aromatic carbocycles. The number of H-pyrrole nitrogens is 3. The summed E-state index contributed by atoms with van der Waals surface area (Å²) in [5.74, 6) is 0.492. The van der Waals surface area contributed by atoms with Gasteiger partial charge < -0.3 is 10.7 Å². The summed E-state index contributed by atoms with van der Waals surface area (Å²) in [6, 6.07) is 5.54. The van der Waals surface area contributed by atoms with Crippen molar-refractivity contribution < 1.29 is 0 Å². The predicted molar refractivity (Wildman–Crippen MR) is 80.4 cm³/mol. The third kappa shape index (κ3) is 1.82. The highest BCUT2D eigenvalue weighted by Crippen LogP contribution is 2.28. The van der Waals surface area contributed by atoms with E-state index in [2.05, 4.69) is 24.9 Å². The lowest BCUT2D eigenvalue weighted by atomic mass is 10.2. The van der Waals surface area contributed by atoms with Crippen LogP contribution in [0.3, 0.4) is 0 Å². The molecule has 0 saturated carbocycles. The van der Waals surface area contributed by atoms with Gasteiger partial charge in [-0.2, -0.15) is 0 Å². The summed E-state index contributed by atoms with van der Waals surface area (Å²) in [5, 5.41) is 0.493. The van der Waals surface area contributed by atoms with Crippen molar-refractivity contribution in [2.75, 3.05) is 5.73 Å². The Morgan fingerprint density at radius 2 is 1.95 bits per heavy atom. The third-order valence-electron chi connectivity index (χ3n) is 3.07. The van der Waals surface area contributed by atoms with E-state index in [1.807, 2.05) is 18.2 Å². The van der Waals surface area contributed by atoms with E-state index in [4.69, 9.17) is 5.73 Å². The summed E-state index contributed by atoms with van der Waals surface area (Å²) < 4.78 is 0.924. The van der Waals surface area contributed by atoms with Crippen molar-refractivity contribution in [3.63, 3.8) is 0 Å². The van der Waals surface area contributed by atoms with Crippen LogP contribution in [0.5, 0.6) is 0 Å². The van der Waals surface area contributed by atoms with Gasteiger partial charge in [0.1, 0.15) is 11.3 Å². The van der Waals surface area contributed by atoms with E-state index >= 15 is 0 Å². The molecule has 0 aliphatic heterocycles. The SMILES string of the molecule is Nc1nc2ccc(-c3nc4[nH]c(=O)[nH]c(=O)c4[nH]3)cc2s1. The fraction of sp³-hybridized carbons (Fsp3) is 0. The van der Waals surface area contributed by atoms with Crippen molar-refractivity contribution in [2.45, 2.75) is 0 Å². The molecular weight excluding hydrogens is 292 g/mol. The van der Waals surface area contributed by atoms with E-state index in [0.717, 1.165) is 15.8 Å². The molecule has 3 heterocycles. The second-order valence-electron chi connectivity index (χ2n) is 4.45.